The molecule has 470 valence electrons. The molecule has 14 aromatic carbocycles. The summed E-state index contributed by atoms with van der Waals surface area (Å²) in [4.78, 5) is 32.2. The van der Waals surface area contributed by atoms with Crippen molar-refractivity contribution < 1.29 is 0 Å². The fraction of sp³-hybridized carbons (Fsp3) is 0. The van der Waals surface area contributed by atoms with E-state index in [4.69, 9.17) is 24.9 Å². The van der Waals surface area contributed by atoms with Gasteiger partial charge in [-0.05, 0) is 143 Å². The molecule has 0 aliphatic carbocycles. The Bertz CT molecular complexity index is 6110. The highest BCUT2D eigenvalue weighted by Crippen LogP contribution is 2.48. The second kappa shape index (κ2) is 23.6. The minimum absolute atomic E-state index is 0.0185. The molecule has 6 heterocycles. The van der Waals surface area contributed by atoms with Gasteiger partial charge in [0.25, 0.3) is 6.71 Å². The van der Waals surface area contributed by atoms with Crippen molar-refractivity contribution in [2.45, 2.75) is 0 Å². The summed E-state index contributed by atoms with van der Waals surface area (Å²) in [6, 6.07) is 126. The third-order valence-electron chi connectivity index (χ3n) is 20.1. The molecule has 0 saturated heterocycles. The number of anilines is 6. The Morgan fingerprint density at radius 1 is 0.218 bits per heavy atom. The van der Waals surface area contributed by atoms with Crippen LogP contribution in [-0.2, 0) is 0 Å². The molecule has 0 saturated carbocycles. The van der Waals surface area contributed by atoms with Crippen molar-refractivity contribution in [3.05, 3.63) is 352 Å². The molecule has 0 spiro atoms. The van der Waals surface area contributed by atoms with Crippen LogP contribution in [0.25, 0.3) is 134 Å². The molecule has 0 fully saturated rings. The molecule has 0 N–H and O–H groups in total. The second-order valence-electron chi connectivity index (χ2n) is 25.9. The van der Waals surface area contributed by atoms with Gasteiger partial charge in [0.15, 0.2) is 23.3 Å². The van der Waals surface area contributed by atoms with Gasteiger partial charge in [-0.2, -0.15) is 0 Å². The van der Waals surface area contributed by atoms with E-state index >= 15 is 0 Å². The molecule has 9 nitrogen and oxygen atoms in total. The van der Waals surface area contributed by atoms with Gasteiger partial charge < -0.3 is 18.9 Å². The van der Waals surface area contributed by atoms with Gasteiger partial charge in [-0.15, -0.1) is 0 Å². The quantitative estimate of drug-likeness (QED) is 0.119. The minimum atomic E-state index is -0.0185. The van der Waals surface area contributed by atoms with Gasteiger partial charge in [-0.1, -0.05) is 237 Å². The molecule has 2 aliphatic rings. The summed E-state index contributed by atoms with van der Waals surface area (Å²) in [6.45, 7) is -0.0185. The number of rotatable bonds is 11. The second-order valence-corrected chi connectivity index (χ2v) is 25.9. The summed E-state index contributed by atoms with van der Waals surface area (Å²) >= 11 is 0. The summed E-state index contributed by atoms with van der Waals surface area (Å²) in [5.74, 6) is 2.27. The van der Waals surface area contributed by atoms with Gasteiger partial charge in [0.05, 0.1) is 39.1 Å². The van der Waals surface area contributed by atoms with Crippen LogP contribution in [0.5, 0.6) is 0 Å². The van der Waals surface area contributed by atoms with Crippen molar-refractivity contribution >= 4 is 101 Å². The van der Waals surface area contributed by atoms with E-state index in [0.717, 1.165) is 134 Å². The first-order valence-electron chi connectivity index (χ1n) is 34.3. The Balaban J connectivity index is 0.832. The van der Waals surface area contributed by atoms with Crippen LogP contribution in [0.3, 0.4) is 0 Å². The monoisotopic (exact) mass is 1290 g/mol. The first kappa shape index (κ1) is 57.7. The predicted octanol–water partition coefficient (Wildman–Crippen LogP) is 20.6. The van der Waals surface area contributed by atoms with Gasteiger partial charge >= 0.3 is 0 Å². The fourth-order valence-electron chi connectivity index (χ4n) is 15.6. The predicted molar refractivity (Wildman–Crippen MR) is 416 cm³/mol. The van der Waals surface area contributed by atoms with Crippen LogP contribution >= 0.6 is 0 Å². The maximum atomic E-state index is 5.84. The lowest BCUT2D eigenvalue weighted by Gasteiger charge is -2.44. The lowest BCUT2D eigenvalue weighted by atomic mass is 9.33. The number of fused-ring (bicyclic) bond motifs is 10. The standard InChI is InChI=1S/C91H58BN9/c1-7-28-59(29-8-1)76-57-77(94-90(93-76)63-35-27-34-62(52-63)65-54-85-87-86(55-65)100(68-40-17-6-18-41-68)82-49-26-22-45-75(82)92(87)74-44-21-25-48-81(74)99(85)67-38-15-5-16-39-67)73-53-64(91-96-88(60-30-9-2-10-31-60)95-89(97-91)61-32-11-3-12-33-61)50-51-80(73)101-79-47-24-20-43-70(79)72-56-71-69-42-19-23-46-78(69)98(83(71)58-84(72)101)66-36-13-4-14-37-66/h1-58H. The van der Waals surface area contributed by atoms with E-state index in [1.807, 2.05) is 36.4 Å². The van der Waals surface area contributed by atoms with Crippen LogP contribution in [0.15, 0.2) is 352 Å². The molecule has 0 amide bonds. The van der Waals surface area contributed by atoms with Crippen LogP contribution in [-0.4, -0.2) is 40.8 Å². The maximum Gasteiger partial charge on any atom is 0.252 e. The van der Waals surface area contributed by atoms with E-state index < -0.39 is 0 Å². The molecule has 4 aromatic heterocycles. The highest BCUT2D eigenvalue weighted by Gasteiger charge is 2.43. The van der Waals surface area contributed by atoms with E-state index in [1.54, 1.807) is 0 Å². The number of hydrogen-bond acceptors (Lipinski definition) is 7. The zero-order valence-electron chi connectivity index (χ0n) is 54.6. The smallest absolute Gasteiger partial charge is 0.252 e. The maximum absolute atomic E-state index is 5.84. The van der Waals surface area contributed by atoms with Crippen molar-refractivity contribution in [2.24, 2.45) is 0 Å². The summed E-state index contributed by atoms with van der Waals surface area (Å²) in [7, 11) is 0. The zero-order chi connectivity index (χ0) is 66.5. The minimum Gasteiger partial charge on any atom is -0.311 e. The first-order chi connectivity index (χ1) is 50.1. The Kier molecular flexibility index (Phi) is 13.5. The summed E-state index contributed by atoms with van der Waals surface area (Å²) < 4.78 is 4.83. The van der Waals surface area contributed by atoms with Crippen LogP contribution in [0.2, 0.25) is 0 Å². The molecule has 0 unspecified atom stereocenters. The van der Waals surface area contributed by atoms with Crippen LogP contribution in [0.1, 0.15) is 0 Å². The van der Waals surface area contributed by atoms with E-state index in [1.165, 1.54) is 27.2 Å². The summed E-state index contributed by atoms with van der Waals surface area (Å²) in [5, 5.41) is 4.65. The third kappa shape index (κ3) is 9.59. The van der Waals surface area contributed by atoms with E-state index in [2.05, 4.69) is 334 Å². The Labute approximate surface area is 583 Å². The molecule has 10 heteroatoms. The Morgan fingerprint density at radius 2 is 0.644 bits per heavy atom. The topological polar surface area (TPSA) is 80.8 Å². The lowest BCUT2D eigenvalue weighted by Crippen LogP contribution is -2.61. The summed E-state index contributed by atoms with van der Waals surface area (Å²) in [6.07, 6.45) is 0. The zero-order valence-corrected chi connectivity index (χ0v) is 54.6. The molecule has 20 rings (SSSR count). The SMILES string of the molecule is c1ccc(-c2cc(-c3cc(-c4nc(-c5ccccc5)nc(-c5ccccc5)n4)ccc3-n3c4ccccc4c4cc5c6ccccc6n(-c6ccccc6)c5cc43)nc(-c3cccc(-c4cc5c6c(c4)N(c4ccccc4)c4ccccc4B6c4ccccc4N5c4ccccc4)c3)n2)cc1. The van der Waals surface area contributed by atoms with E-state index in [0.29, 0.717) is 23.3 Å². The number of benzene rings is 14. The molecular weight excluding hydrogens is 1230 g/mol. The Hall–Kier alpha value is -13.6. The molecule has 0 bridgehead atoms. The number of nitrogens with zero attached hydrogens (tertiary/aromatic N) is 9. The van der Waals surface area contributed by atoms with E-state index in [-0.39, 0.29) is 6.71 Å². The summed E-state index contributed by atoms with van der Waals surface area (Å²) in [5.41, 5.74) is 25.8. The van der Waals surface area contributed by atoms with Crippen LogP contribution < -0.4 is 26.2 Å². The molecular formula is C91H58BN9. The average Bonchev–Trinajstić information content (AvgIpc) is 1.48. The lowest BCUT2D eigenvalue weighted by molar-refractivity contribution is 1.07. The fourth-order valence-corrected chi connectivity index (χ4v) is 15.6. The average molecular weight is 1290 g/mol. The number of aromatic nitrogens is 7. The van der Waals surface area contributed by atoms with Gasteiger partial charge in [-0.25, -0.2) is 24.9 Å². The van der Waals surface area contributed by atoms with Crippen molar-refractivity contribution in [2.75, 3.05) is 9.80 Å². The largest absolute Gasteiger partial charge is 0.311 e. The van der Waals surface area contributed by atoms with E-state index in [9.17, 15) is 0 Å². The van der Waals surface area contributed by atoms with Crippen LogP contribution in [0, 0.1) is 0 Å². The van der Waals surface area contributed by atoms with Gasteiger partial charge in [-0.3, -0.25) is 0 Å². The first-order valence-corrected chi connectivity index (χ1v) is 34.3. The highest BCUT2D eigenvalue weighted by molar-refractivity contribution is 7.00. The molecule has 101 heavy (non-hydrogen) atoms. The number of para-hydroxylation sites is 7. The van der Waals surface area contributed by atoms with Gasteiger partial charge in [0.1, 0.15) is 0 Å². The van der Waals surface area contributed by atoms with Gasteiger partial charge in [0.2, 0.25) is 0 Å². The van der Waals surface area contributed by atoms with Crippen molar-refractivity contribution in [3.8, 4) is 90.6 Å². The van der Waals surface area contributed by atoms with Crippen molar-refractivity contribution in [3.63, 3.8) is 0 Å². The molecule has 2 aliphatic heterocycles. The molecule has 18 aromatic rings. The molecule has 0 radical (unpaired) electrons. The van der Waals surface area contributed by atoms with Crippen molar-refractivity contribution in [1.82, 2.24) is 34.1 Å². The Morgan fingerprint density at radius 3 is 1.22 bits per heavy atom. The van der Waals surface area contributed by atoms with Crippen LogP contribution in [0.4, 0.5) is 34.1 Å². The number of hydrogen-bond donors (Lipinski definition) is 0. The molecule has 0 atom stereocenters. The third-order valence-corrected chi connectivity index (χ3v) is 20.1. The van der Waals surface area contributed by atoms with Gasteiger partial charge in [0, 0.05) is 94.7 Å². The van der Waals surface area contributed by atoms with Crippen molar-refractivity contribution in [1.29, 1.82) is 0 Å². The highest BCUT2D eigenvalue weighted by atomic mass is 15.2. The normalized spacial score (nSPS) is 12.3.